The third kappa shape index (κ3) is 1.46. The van der Waals surface area contributed by atoms with Gasteiger partial charge in [-0.1, -0.05) is 12.1 Å². The van der Waals surface area contributed by atoms with Gasteiger partial charge in [-0.3, -0.25) is 5.10 Å². The molecule has 0 atom stereocenters. The molecule has 5 N–H and O–H groups in total. The SMILES string of the molecule is Cc1ccc(-c2[nH]nc(N)c2N)cc1C#N. The van der Waals surface area contributed by atoms with Crippen molar-refractivity contribution in [3.8, 4) is 17.3 Å². The van der Waals surface area contributed by atoms with Crippen molar-refractivity contribution in [2.75, 3.05) is 11.5 Å². The van der Waals surface area contributed by atoms with Crippen molar-refractivity contribution < 1.29 is 0 Å². The molecule has 0 bridgehead atoms. The van der Waals surface area contributed by atoms with Gasteiger partial charge in [0.2, 0.25) is 0 Å². The number of nitrogens with one attached hydrogen (secondary N) is 1. The predicted octanol–water partition coefficient (Wildman–Crippen LogP) is 1.42. The van der Waals surface area contributed by atoms with Gasteiger partial charge in [0.25, 0.3) is 0 Å². The molecule has 16 heavy (non-hydrogen) atoms. The lowest BCUT2D eigenvalue weighted by molar-refractivity contribution is 1.10. The maximum absolute atomic E-state index is 8.93. The first-order valence-electron chi connectivity index (χ1n) is 4.74. The average molecular weight is 213 g/mol. The Morgan fingerprint density at radius 1 is 1.38 bits per heavy atom. The number of nitrogens with two attached hydrogens (primary N) is 2. The van der Waals surface area contributed by atoms with Crippen LogP contribution in [-0.4, -0.2) is 10.2 Å². The van der Waals surface area contributed by atoms with Crippen LogP contribution in [-0.2, 0) is 0 Å². The van der Waals surface area contributed by atoms with E-state index in [1.165, 1.54) is 0 Å². The first-order valence-corrected chi connectivity index (χ1v) is 4.74. The minimum Gasteiger partial charge on any atom is -0.394 e. The molecule has 0 unspecified atom stereocenters. The van der Waals surface area contributed by atoms with Crippen LogP contribution >= 0.6 is 0 Å². The Morgan fingerprint density at radius 3 is 2.69 bits per heavy atom. The molecule has 0 saturated heterocycles. The summed E-state index contributed by atoms with van der Waals surface area (Å²) in [7, 11) is 0. The Labute approximate surface area is 92.7 Å². The fourth-order valence-corrected chi connectivity index (χ4v) is 1.48. The second-order valence-corrected chi connectivity index (χ2v) is 3.54. The Hall–Kier alpha value is -2.48. The van der Waals surface area contributed by atoms with E-state index in [1.807, 2.05) is 19.1 Å². The van der Waals surface area contributed by atoms with Crippen molar-refractivity contribution in [3.63, 3.8) is 0 Å². The van der Waals surface area contributed by atoms with Gasteiger partial charge in [0.1, 0.15) is 5.69 Å². The summed E-state index contributed by atoms with van der Waals surface area (Å²) in [6, 6.07) is 7.63. The van der Waals surface area contributed by atoms with E-state index < -0.39 is 0 Å². The quantitative estimate of drug-likeness (QED) is 0.666. The summed E-state index contributed by atoms with van der Waals surface area (Å²) in [6.07, 6.45) is 0. The minimum atomic E-state index is 0.272. The third-order valence-corrected chi connectivity index (χ3v) is 2.48. The van der Waals surface area contributed by atoms with Crippen LogP contribution in [0.15, 0.2) is 18.2 Å². The number of nitrogens with zero attached hydrogens (tertiary/aromatic N) is 2. The molecule has 0 aliphatic rings. The van der Waals surface area contributed by atoms with Crippen LogP contribution in [0.4, 0.5) is 11.5 Å². The van der Waals surface area contributed by atoms with Gasteiger partial charge in [-0.15, -0.1) is 0 Å². The lowest BCUT2D eigenvalue weighted by Gasteiger charge is -2.02. The topological polar surface area (TPSA) is 105 Å². The largest absolute Gasteiger partial charge is 0.394 e. The predicted molar refractivity (Wildman–Crippen MR) is 62.3 cm³/mol. The number of nitriles is 1. The van der Waals surface area contributed by atoms with Crippen LogP contribution in [0.2, 0.25) is 0 Å². The number of benzene rings is 1. The lowest BCUT2D eigenvalue weighted by Crippen LogP contribution is -1.93. The second-order valence-electron chi connectivity index (χ2n) is 3.54. The van der Waals surface area contributed by atoms with E-state index in [4.69, 9.17) is 16.7 Å². The summed E-state index contributed by atoms with van der Waals surface area (Å²) in [6.45, 7) is 1.88. The van der Waals surface area contributed by atoms with Crippen LogP contribution < -0.4 is 11.5 Å². The normalized spacial score (nSPS) is 10.0. The Bertz CT molecular complexity index is 577. The molecule has 0 amide bonds. The van der Waals surface area contributed by atoms with Crippen molar-refractivity contribution >= 4 is 11.5 Å². The minimum absolute atomic E-state index is 0.272. The number of anilines is 2. The molecule has 0 fully saturated rings. The van der Waals surface area contributed by atoms with Crippen LogP contribution in [0, 0.1) is 18.3 Å². The van der Waals surface area contributed by atoms with Gasteiger partial charge < -0.3 is 11.5 Å². The van der Waals surface area contributed by atoms with Gasteiger partial charge in [0, 0.05) is 5.56 Å². The van der Waals surface area contributed by atoms with Gasteiger partial charge in [-0.25, -0.2) is 0 Å². The van der Waals surface area contributed by atoms with Crippen molar-refractivity contribution in [1.82, 2.24) is 10.2 Å². The van der Waals surface area contributed by atoms with Gasteiger partial charge in [-0.05, 0) is 18.6 Å². The van der Waals surface area contributed by atoms with E-state index in [2.05, 4.69) is 16.3 Å². The average Bonchev–Trinajstić information content (AvgIpc) is 2.61. The second kappa shape index (κ2) is 3.59. The summed E-state index contributed by atoms with van der Waals surface area (Å²) in [4.78, 5) is 0. The third-order valence-electron chi connectivity index (χ3n) is 2.48. The number of hydrogen-bond donors (Lipinski definition) is 3. The summed E-state index contributed by atoms with van der Waals surface area (Å²) in [5, 5.41) is 15.5. The maximum atomic E-state index is 8.93. The molecule has 5 nitrogen and oxygen atoms in total. The highest BCUT2D eigenvalue weighted by Gasteiger charge is 2.10. The zero-order valence-electron chi connectivity index (χ0n) is 8.78. The van der Waals surface area contributed by atoms with E-state index in [9.17, 15) is 0 Å². The van der Waals surface area contributed by atoms with Crippen molar-refractivity contribution in [2.24, 2.45) is 0 Å². The fraction of sp³-hybridized carbons (Fsp3) is 0.0909. The van der Waals surface area contributed by atoms with E-state index >= 15 is 0 Å². The van der Waals surface area contributed by atoms with E-state index in [0.29, 0.717) is 16.9 Å². The summed E-state index contributed by atoms with van der Waals surface area (Å²) < 4.78 is 0. The first kappa shape index (κ1) is 10.1. The zero-order chi connectivity index (χ0) is 11.7. The molecule has 1 heterocycles. The van der Waals surface area contributed by atoms with Crippen LogP contribution in [0.5, 0.6) is 0 Å². The monoisotopic (exact) mass is 213 g/mol. The molecule has 0 aliphatic heterocycles. The molecule has 0 radical (unpaired) electrons. The van der Waals surface area contributed by atoms with Gasteiger partial charge in [-0.2, -0.15) is 10.4 Å². The number of aryl methyl sites for hydroxylation is 1. The standard InChI is InChI=1S/C11H11N5/c1-6-2-3-7(4-8(6)5-12)10-9(13)11(14)16-15-10/h2-4H,13H2,1H3,(H3,14,15,16). The van der Waals surface area contributed by atoms with Gasteiger partial charge in [0.15, 0.2) is 5.82 Å². The molecule has 1 aromatic heterocycles. The van der Waals surface area contributed by atoms with Crippen LogP contribution in [0.3, 0.4) is 0 Å². The highest BCUT2D eigenvalue weighted by Crippen LogP contribution is 2.28. The lowest BCUT2D eigenvalue weighted by atomic mass is 10.0. The molecule has 5 heteroatoms. The number of hydrogen-bond acceptors (Lipinski definition) is 4. The molecular weight excluding hydrogens is 202 g/mol. The Kier molecular flexibility index (Phi) is 2.25. The molecule has 2 rings (SSSR count). The highest BCUT2D eigenvalue weighted by atomic mass is 15.2. The van der Waals surface area contributed by atoms with Crippen LogP contribution in [0.1, 0.15) is 11.1 Å². The number of nitrogen functional groups attached to an aromatic ring is 2. The number of aromatic amines is 1. The van der Waals surface area contributed by atoms with E-state index in [0.717, 1.165) is 11.1 Å². The number of H-pyrrole nitrogens is 1. The fourth-order valence-electron chi connectivity index (χ4n) is 1.48. The smallest absolute Gasteiger partial charge is 0.169 e. The molecule has 80 valence electrons. The number of rotatable bonds is 1. The van der Waals surface area contributed by atoms with Crippen molar-refractivity contribution in [1.29, 1.82) is 5.26 Å². The highest BCUT2D eigenvalue weighted by molar-refractivity contribution is 5.80. The number of aromatic nitrogens is 2. The zero-order valence-corrected chi connectivity index (χ0v) is 8.78. The van der Waals surface area contributed by atoms with E-state index in [-0.39, 0.29) is 5.82 Å². The Morgan fingerprint density at radius 2 is 2.12 bits per heavy atom. The molecule has 0 saturated carbocycles. The molecule has 0 aliphatic carbocycles. The molecule has 0 spiro atoms. The van der Waals surface area contributed by atoms with Gasteiger partial charge >= 0.3 is 0 Å². The maximum Gasteiger partial charge on any atom is 0.169 e. The van der Waals surface area contributed by atoms with Crippen molar-refractivity contribution in [2.45, 2.75) is 6.92 Å². The first-order chi connectivity index (χ1) is 7.63. The molecule has 2 aromatic rings. The molecular formula is C11H11N5. The van der Waals surface area contributed by atoms with E-state index in [1.54, 1.807) is 6.07 Å². The summed E-state index contributed by atoms with van der Waals surface area (Å²) in [5.41, 5.74) is 14.7. The van der Waals surface area contributed by atoms with Crippen molar-refractivity contribution in [3.05, 3.63) is 29.3 Å². The summed E-state index contributed by atoms with van der Waals surface area (Å²) in [5.74, 6) is 0.272. The Balaban J connectivity index is 2.58. The van der Waals surface area contributed by atoms with Crippen LogP contribution in [0.25, 0.3) is 11.3 Å². The molecule has 1 aromatic carbocycles. The van der Waals surface area contributed by atoms with Gasteiger partial charge in [0.05, 0.1) is 17.3 Å². The summed E-state index contributed by atoms with van der Waals surface area (Å²) >= 11 is 0.